The number of carboxylic acid groups (broad SMARTS) is 1. The zero-order valence-electron chi connectivity index (χ0n) is 17.6. The second-order valence-electron chi connectivity index (χ2n) is 9.03. The highest BCUT2D eigenvalue weighted by atomic mass is 16.4. The lowest BCUT2D eigenvalue weighted by molar-refractivity contribution is 0.0696. The van der Waals surface area contributed by atoms with Crippen LogP contribution in [0, 0.1) is 0 Å². The minimum Gasteiger partial charge on any atom is -0.478 e. The van der Waals surface area contributed by atoms with Crippen LogP contribution < -0.4 is 5.32 Å². The van der Waals surface area contributed by atoms with Crippen LogP contribution in [0.15, 0.2) is 42.5 Å². The third-order valence-corrected chi connectivity index (χ3v) is 5.52. The van der Waals surface area contributed by atoms with Gasteiger partial charge in [-0.2, -0.15) is 0 Å². The molecule has 1 aliphatic rings. The van der Waals surface area contributed by atoms with Crippen molar-refractivity contribution in [2.75, 3.05) is 0 Å². The van der Waals surface area contributed by atoms with Gasteiger partial charge in [0, 0.05) is 22.7 Å². The second-order valence-corrected chi connectivity index (χ2v) is 9.03. The Labute approximate surface area is 175 Å². The van der Waals surface area contributed by atoms with Crippen LogP contribution in [0.2, 0.25) is 0 Å². The van der Waals surface area contributed by atoms with E-state index in [0.717, 1.165) is 29.7 Å². The Bertz CT molecular complexity index is 1100. The van der Waals surface area contributed by atoms with Crippen molar-refractivity contribution in [1.82, 2.24) is 14.9 Å². The number of nitrogens with zero attached hydrogens (tertiary/aromatic N) is 2. The number of amides is 1. The largest absolute Gasteiger partial charge is 0.478 e. The molecule has 4 rings (SSSR count). The van der Waals surface area contributed by atoms with Crippen molar-refractivity contribution in [2.24, 2.45) is 0 Å². The molecule has 0 radical (unpaired) electrons. The summed E-state index contributed by atoms with van der Waals surface area (Å²) in [5.74, 6) is -0.241. The summed E-state index contributed by atoms with van der Waals surface area (Å²) in [6, 6.07) is 13.0. The molecule has 30 heavy (non-hydrogen) atoms. The Balaban J connectivity index is 1.76. The smallest absolute Gasteiger partial charge is 0.335 e. The van der Waals surface area contributed by atoms with Gasteiger partial charge in [-0.05, 0) is 63.9 Å². The van der Waals surface area contributed by atoms with Gasteiger partial charge in [-0.3, -0.25) is 4.79 Å². The summed E-state index contributed by atoms with van der Waals surface area (Å²) in [6.45, 7) is 5.86. The molecule has 6 heteroatoms. The monoisotopic (exact) mass is 405 g/mol. The summed E-state index contributed by atoms with van der Waals surface area (Å²) >= 11 is 0. The Morgan fingerprint density at radius 3 is 2.27 bits per heavy atom. The maximum Gasteiger partial charge on any atom is 0.335 e. The van der Waals surface area contributed by atoms with E-state index in [0.29, 0.717) is 17.1 Å². The number of carboxylic acids is 1. The van der Waals surface area contributed by atoms with E-state index in [1.807, 2.05) is 51.1 Å². The van der Waals surface area contributed by atoms with Gasteiger partial charge >= 0.3 is 5.97 Å². The minimum absolute atomic E-state index is 0.107. The standard InChI is InChI=1S/C24H27N3O3/c1-24(2,3)26-22(28)16-10-8-15(9-11-16)21-25-19-14-17(23(29)30)12-13-20(19)27(21)18-6-4-5-7-18/h8-14,18H,4-7H2,1-3H3,(H,26,28)(H,29,30). The first-order valence-corrected chi connectivity index (χ1v) is 10.4. The van der Waals surface area contributed by atoms with Gasteiger partial charge in [0.2, 0.25) is 0 Å². The number of carbonyl (C=O) groups is 2. The first kappa shape index (κ1) is 20.1. The first-order valence-electron chi connectivity index (χ1n) is 10.4. The van der Waals surface area contributed by atoms with E-state index in [-0.39, 0.29) is 17.0 Å². The summed E-state index contributed by atoms with van der Waals surface area (Å²) in [5.41, 5.74) is 3.10. The molecule has 1 amide bonds. The van der Waals surface area contributed by atoms with Gasteiger partial charge in [0.05, 0.1) is 16.6 Å². The van der Waals surface area contributed by atoms with Crippen LogP contribution in [0.4, 0.5) is 0 Å². The number of carbonyl (C=O) groups excluding carboxylic acids is 1. The number of aromatic carboxylic acids is 1. The molecule has 3 aromatic rings. The number of benzene rings is 2. The highest BCUT2D eigenvalue weighted by molar-refractivity contribution is 5.95. The van der Waals surface area contributed by atoms with Crippen molar-refractivity contribution in [1.29, 1.82) is 0 Å². The SMILES string of the molecule is CC(C)(C)NC(=O)c1ccc(-c2nc3cc(C(=O)O)ccc3n2C2CCCC2)cc1. The molecular formula is C24H27N3O3. The zero-order chi connectivity index (χ0) is 21.5. The van der Waals surface area contributed by atoms with E-state index in [2.05, 4.69) is 9.88 Å². The molecule has 156 valence electrons. The van der Waals surface area contributed by atoms with Gasteiger partial charge in [-0.25, -0.2) is 9.78 Å². The maximum absolute atomic E-state index is 12.4. The number of hydrogen-bond acceptors (Lipinski definition) is 3. The van der Waals surface area contributed by atoms with Crippen LogP contribution in [0.5, 0.6) is 0 Å². The number of hydrogen-bond donors (Lipinski definition) is 2. The number of aromatic nitrogens is 2. The molecule has 1 aliphatic carbocycles. The van der Waals surface area contributed by atoms with Gasteiger partial charge in [-0.1, -0.05) is 25.0 Å². The van der Waals surface area contributed by atoms with Crippen LogP contribution in [-0.2, 0) is 0 Å². The molecular weight excluding hydrogens is 378 g/mol. The van der Waals surface area contributed by atoms with Gasteiger partial charge in [-0.15, -0.1) is 0 Å². The second kappa shape index (κ2) is 7.59. The molecule has 6 nitrogen and oxygen atoms in total. The Morgan fingerprint density at radius 1 is 1.03 bits per heavy atom. The highest BCUT2D eigenvalue weighted by Crippen LogP contribution is 2.37. The molecule has 1 fully saturated rings. The molecule has 0 saturated heterocycles. The summed E-state index contributed by atoms with van der Waals surface area (Å²) in [4.78, 5) is 28.6. The van der Waals surface area contributed by atoms with Crippen LogP contribution in [0.1, 0.15) is 73.2 Å². The molecule has 0 atom stereocenters. The fraction of sp³-hybridized carbons (Fsp3) is 0.375. The van der Waals surface area contributed by atoms with E-state index < -0.39 is 5.97 Å². The fourth-order valence-electron chi connectivity index (χ4n) is 4.15. The van der Waals surface area contributed by atoms with E-state index >= 15 is 0 Å². The van der Waals surface area contributed by atoms with E-state index in [4.69, 9.17) is 4.98 Å². The first-order chi connectivity index (χ1) is 14.2. The Morgan fingerprint density at radius 2 is 1.67 bits per heavy atom. The van der Waals surface area contributed by atoms with E-state index in [1.165, 1.54) is 12.8 Å². The number of fused-ring (bicyclic) bond motifs is 1. The van der Waals surface area contributed by atoms with Crippen molar-refractivity contribution >= 4 is 22.9 Å². The molecule has 1 saturated carbocycles. The highest BCUT2D eigenvalue weighted by Gasteiger charge is 2.24. The average molecular weight is 405 g/mol. The maximum atomic E-state index is 12.4. The lowest BCUT2D eigenvalue weighted by Gasteiger charge is -2.20. The van der Waals surface area contributed by atoms with Crippen LogP contribution in [-0.4, -0.2) is 32.1 Å². The number of rotatable bonds is 4. The summed E-state index contributed by atoms with van der Waals surface area (Å²) < 4.78 is 2.25. The van der Waals surface area contributed by atoms with E-state index in [9.17, 15) is 14.7 Å². The average Bonchev–Trinajstić information content (AvgIpc) is 3.33. The van der Waals surface area contributed by atoms with Gasteiger partial charge < -0.3 is 15.0 Å². The minimum atomic E-state index is -0.955. The van der Waals surface area contributed by atoms with Crippen molar-refractivity contribution in [3.8, 4) is 11.4 Å². The number of imidazole rings is 1. The predicted octanol–water partition coefficient (Wildman–Crippen LogP) is 5.04. The molecule has 0 bridgehead atoms. The quantitative estimate of drug-likeness (QED) is 0.636. The Kier molecular flexibility index (Phi) is 5.10. The topological polar surface area (TPSA) is 84.2 Å². The fourth-order valence-corrected chi connectivity index (χ4v) is 4.15. The van der Waals surface area contributed by atoms with Gasteiger partial charge in [0.25, 0.3) is 5.91 Å². The summed E-state index contributed by atoms with van der Waals surface area (Å²) in [6.07, 6.45) is 4.54. The van der Waals surface area contributed by atoms with Crippen molar-refractivity contribution in [3.05, 3.63) is 53.6 Å². The predicted molar refractivity (Wildman–Crippen MR) is 117 cm³/mol. The normalized spacial score (nSPS) is 14.9. The Hall–Kier alpha value is -3.15. The third kappa shape index (κ3) is 3.95. The molecule has 2 N–H and O–H groups in total. The molecule has 0 spiro atoms. The van der Waals surface area contributed by atoms with Crippen LogP contribution in [0.3, 0.4) is 0 Å². The van der Waals surface area contributed by atoms with Gasteiger partial charge in [0.15, 0.2) is 0 Å². The summed E-state index contributed by atoms with van der Waals surface area (Å²) in [7, 11) is 0. The zero-order valence-corrected chi connectivity index (χ0v) is 17.6. The van der Waals surface area contributed by atoms with Gasteiger partial charge in [0.1, 0.15) is 5.82 Å². The molecule has 1 heterocycles. The van der Waals surface area contributed by atoms with Crippen LogP contribution in [0.25, 0.3) is 22.4 Å². The molecule has 2 aromatic carbocycles. The summed E-state index contributed by atoms with van der Waals surface area (Å²) in [5, 5.41) is 12.3. The third-order valence-electron chi connectivity index (χ3n) is 5.52. The lowest BCUT2D eigenvalue weighted by atomic mass is 10.1. The number of nitrogens with one attached hydrogen (secondary N) is 1. The molecule has 0 aliphatic heterocycles. The lowest BCUT2D eigenvalue weighted by Crippen LogP contribution is -2.40. The van der Waals surface area contributed by atoms with Crippen molar-refractivity contribution < 1.29 is 14.7 Å². The van der Waals surface area contributed by atoms with Crippen molar-refractivity contribution in [3.63, 3.8) is 0 Å². The van der Waals surface area contributed by atoms with Crippen LogP contribution >= 0.6 is 0 Å². The molecule has 1 aromatic heterocycles. The van der Waals surface area contributed by atoms with Crippen molar-refractivity contribution in [2.45, 2.75) is 58.0 Å². The molecule has 0 unspecified atom stereocenters. The van der Waals surface area contributed by atoms with E-state index in [1.54, 1.807) is 12.1 Å².